The van der Waals surface area contributed by atoms with Crippen LogP contribution in [0.4, 0.5) is 11.5 Å². The van der Waals surface area contributed by atoms with Crippen molar-refractivity contribution < 1.29 is 0 Å². The Morgan fingerprint density at radius 3 is 2.88 bits per heavy atom. The summed E-state index contributed by atoms with van der Waals surface area (Å²) in [6.07, 6.45) is 4.17. The number of nitrogens with zero attached hydrogens (tertiary/aromatic N) is 3. The van der Waals surface area contributed by atoms with Crippen LogP contribution in [0, 0.1) is 0 Å². The predicted octanol–water partition coefficient (Wildman–Crippen LogP) is 2.20. The van der Waals surface area contributed by atoms with Gasteiger partial charge in [-0.15, -0.1) is 0 Å². The van der Waals surface area contributed by atoms with E-state index in [0.29, 0.717) is 6.04 Å². The summed E-state index contributed by atoms with van der Waals surface area (Å²) in [5, 5.41) is 1.09. The van der Waals surface area contributed by atoms with Crippen molar-refractivity contribution in [2.24, 2.45) is 0 Å². The molecule has 0 spiro atoms. The standard InChI is InChI=1S/C13H16N4/c1-2-17(10-4-5-10)13-11-6-3-9(14)7-12(11)15-8-16-13/h3,6-8,10H,2,4-5,14H2,1H3. The van der Waals surface area contributed by atoms with E-state index in [1.807, 2.05) is 18.2 Å². The molecule has 0 radical (unpaired) electrons. The Balaban J connectivity index is 2.14. The molecule has 1 fully saturated rings. The molecular weight excluding hydrogens is 212 g/mol. The third-order valence-electron chi connectivity index (χ3n) is 3.24. The second-order valence-corrected chi connectivity index (χ2v) is 4.49. The van der Waals surface area contributed by atoms with Gasteiger partial charge < -0.3 is 10.6 Å². The highest BCUT2D eigenvalue weighted by Gasteiger charge is 2.29. The molecule has 0 atom stereocenters. The summed E-state index contributed by atoms with van der Waals surface area (Å²) in [6, 6.07) is 6.50. The van der Waals surface area contributed by atoms with E-state index in [4.69, 9.17) is 5.73 Å². The van der Waals surface area contributed by atoms with Crippen molar-refractivity contribution in [3.63, 3.8) is 0 Å². The molecule has 4 nitrogen and oxygen atoms in total. The molecule has 0 amide bonds. The van der Waals surface area contributed by atoms with Gasteiger partial charge in [0.2, 0.25) is 0 Å². The van der Waals surface area contributed by atoms with Gasteiger partial charge in [0.05, 0.1) is 5.52 Å². The molecule has 1 aliphatic rings. The smallest absolute Gasteiger partial charge is 0.140 e. The summed E-state index contributed by atoms with van der Waals surface area (Å²) >= 11 is 0. The van der Waals surface area contributed by atoms with Gasteiger partial charge in [-0.2, -0.15) is 0 Å². The van der Waals surface area contributed by atoms with E-state index in [-0.39, 0.29) is 0 Å². The monoisotopic (exact) mass is 228 g/mol. The number of aromatic nitrogens is 2. The van der Waals surface area contributed by atoms with Gasteiger partial charge in [-0.3, -0.25) is 0 Å². The van der Waals surface area contributed by atoms with Crippen LogP contribution in [0.1, 0.15) is 19.8 Å². The maximum atomic E-state index is 5.78. The lowest BCUT2D eigenvalue weighted by molar-refractivity contribution is 0.811. The first kappa shape index (κ1) is 10.3. The van der Waals surface area contributed by atoms with Crippen molar-refractivity contribution in [2.75, 3.05) is 17.2 Å². The molecule has 0 saturated heterocycles. The fourth-order valence-corrected chi connectivity index (χ4v) is 2.26. The van der Waals surface area contributed by atoms with Crippen LogP contribution in [0.15, 0.2) is 24.5 Å². The predicted molar refractivity (Wildman–Crippen MR) is 70.0 cm³/mol. The molecule has 1 heterocycles. The van der Waals surface area contributed by atoms with E-state index < -0.39 is 0 Å². The second-order valence-electron chi connectivity index (χ2n) is 4.49. The molecule has 0 unspecified atom stereocenters. The molecule has 1 aromatic heterocycles. The first-order valence-electron chi connectivity index (χ1n) is 6.06. The zero-order chi connectivity index (χ0) is 11.8. The lowest BCUT2D eigenvalue weighted by Gasteiger charge is -2.22. The van der Waals surface area contributed by atoms with Gasteiger partial charge in [-0.25, -0.2) is 9.97 Å². The molecule has 2 aromatic rings. The Hall–Kier alpha value is -1.84. The fraction of sp³-hybridized carbons (Fsp3) is 0.385. The lowest BCUT2D eigenvalue weighted by Crippen LogP contribution is -2.26. The van der Waals surface area contributed by atoms with Crippen LogP contribution >= 0.6 is 0 Å². The van der Waals surface area contributed by atoms with Crippen LogP contribution < -0.4 is 10.6 Å². The maximum absolute atomic E-state index is 5.78. The van der Waals surface area contributed by atoms with Gasteiger partial charge in [0, 0.05) is 23.7 Å². The van der Waals surface area contributed by atoms with E-state index in [9.17, 15) is 0 Å². The number of benzene rings is 1. The lowest BCUT2D eigenvalue weighted by atomic mass is 10.2. The van der Waals surface area contributed by atoms with E-state index in [2.05, 4.69) is 21.8 Å². The van der Waals surface area contributed by atoms with Crippen molar-refractivity contribution in [3.05, 3.63) is 24.5 Å². The van der Waals surface area contributed by atoms with Crippen LogP contribution in [-0.2, 0) is 0 Å². The van der Waals surface area contributed by atoms with Gasteiger partial charge in [0.1, 0.15) is 12.1 Å². The summed E-state index contributed by atoms with van der Waals surface area (Å²) in [6.45, 7) is 3.16. The molecule has 4 heteroatoms. The van der Waals surface area contributed by atoms with Crippen LogP contribution in [-0.4, -0.2) is 22.6 Å². The molecule has 1 saturated carbocycles. The van der Waals surface area contributed by atoms with E-state index >= 15 is 0 Å². The van der Waals surface area contributed by atoms with E-state index in [0.717, 1.165) is 29.0 Å². The fourth-order valence-electron chi connectivity index (χ4n) is 2.26. The van der Waals surface area contributed by atoms with Gasteiger partial charge in [-0.05, 0) is 38.0 Å². The zero-order valence-electron chi connectivity index (χ0n) is 9.93. The number of anilines is 2. The summed E-state index contributed by atoms with van der Waals surface area (Å²) in [7, 11) is 0. The topological polar surface area (TPSA) is 55.0 Å². The number of nitrogens with two attached hydrogens (primary N) is 1. The minimum absolute atomic E-state index is 0.663. The van der Waals surface area contributed by atoms with Gasteiger partial charge in [0.25, 0.3) is 0 Å². The number of nitrogen functional groups attached to an aromatic ring is 1. The van der Waals surface area contributed by atoms with Crippen molar-refractivity contribution in [1.82, 2.24) is 9.97 Å². The molecule has 88 valence electrons. The zero-order valence-corrected chi connectivity index (χ0v) is 9.93. The first-order chi connectivity index (χ1) is 8.29. The minimum Gasteiger partial charge on any atom is -0.399 e. The third kappa shape index (κ3) is 1.79. The minimum atomic E-state index is 0.663. The molecule has 17 heavy (non-hydrogen) atoms. The third-order valence-corrected chi connectivity index (χ3v) is 3.24. The van der Waals surface area contributed by atoms with E-state index in [1.54, 1.807) is 6.33 Å². The SMILES string of the molecule is CCN(c1ncnc2cc(N)ccc12)C1CC1. The normalized spacial score (nSPS) is 15.1. The average molecular weight is 228 g/mol. The van der Waals surface area contributed by atoms with Gasteiger partial charge in [-0.1, -0.05) is 0 Å². The highest BCUT2D eigenvalue weighted by molar-refractivity contribution is 5.91. The number of hydrogen-bond acceptors (Lipinski definition) is 4. The van der Waals surface area contributed by atoms with Crippen molar-refractivity contribution >= 4 is 22.4 Å². The molecule has 0 bridgehead atoms. The maximum Gasteiger partial charge on any atom is 0.140 e. The highest BCUT2D eigenvalue weighted by Crippen LogP contribution is 2.33. The summed E-state index contributed by atoms with van der Waals surface area (Å²) < 4.78 is 0. The number of hydrogen-bond donors (Lipinski definition) is 1. The van der Waals surface area contributed by atoms with E-state index in [1.165, 1.54) is 12.8 Å². The summed E-state index contributed by atoms with van der Waals surface area (Å²) in [4.78, 5) is 11.1. The Labute approximate surface area is 100 Å². The molecule has 2 N–H and O–H groups in total. The Bertz CT molecular complexity index is 548. The van der Waals surface area contributed by atoms with Gasteiger partial charge in [0.15, 0.2) is 0 Å². The highest BCUT2D eigenvalue weighted by atomic mass is 15.2. The van der Waals surface area contributed by atoms with Crippen LogP contribution in [0.25, 0.3) is 10.9 Å². The number of rotatable bonds is 3. The molecule has 1 aliphatic carbocycles. The van der Waals surface area contributed by atoms with Crippen LogP contribution in [0.3, 0.4) is 0 Å². The Kier molecular flexibility index (Phi) is 2.35. The number of fused-ring (bicyclic) bond motifs is 1. The summed E-state index contributed by atoms with van der Waals surface area (Å²) in [5.74, 6) is 1.04. The summed E-state index contributed by atoms with van der Waals surface area (Å²) in [5.41, 5.74) is 7.45. The molecular formula is C13H16N4. The quantitative estimate of drug-likeness (QED) is 0.818. The van der Waals surface area contributed by atoms with Gasteiger partial charge >= 0.3 is 0 Å². The molecule has 1 aromatic carbocycles. The van der Waals surface area contributed by atoms with Crippen molar-refractivity contribution in [1.29, 1.82) is 0 Å². The Morgan fingerprint density at radius 2 is 2.18 bits per heavy atom. The van der Waals surface area contributed by atoms with Crippen LogP contribution in [0.5, 0.6) is 0 Å². The molecule has 0 aliphatic heterocycles. The van der Waals surface area contributed by atoms with Crippen molar-refractivity contribution in [3.8, 4) is 0 Å². The average Bonchev–Trinajstić information content (AvgIpc) is 3.14. The Morgan fingerprint density at radius 1 is 1.35 bits per heavy atom. The first-order valence-corrected chi connectivity index (χ1v) is 6.06. The van der Waals surface area contributed by atoms with Crippen molar-refractivity contribution in [2.45, 2.75) is 25.8 Å². The van der Waals surface area contributed by atoms with Crippen LogP contribution in [0.2, 0.25) is 0 Å². The second kappa shape index (κ2) is 3.87. The largest absolute Gasteiger partial charge is 0.399 e. The molecule has 3 rings (SSSR count).